The number of aromatic nitrogens is 1. The van der Waals surface area contributed by atoms with Gasteiger partial charge in [-0.15, -0.1) is 0 Å². The van der Waals surface area contributed by atoms with E-state index in [4.69, 9.17) is 0 Å². The molecule has 1 heterocycles. The summed E-state index contributed by atoms with van der Waals surface area (Å²) in [6.45, 7) is 5.32. The molecule has 0 saturated carbocycles. The Morgan fingerprint density at radius 2 is 2.00 bits per heavy atom. The number of pyridine rings is 1. The summed E-state index contributed by atoms with van der Waals surface area (Å²) in [6, 6.07) is 4.16. The molecule has 0 bridgehead atoms. The molecule has 84 valence electrons. The molecule has 0 aromatic carbocycles. The fourth-order valence-electron chi connectivity index (χ4n) is 1.55. The third-order valence-electron chi connectivity index (χ3n) is 2.32. The highest BCUT2D eigenvalue weighted by Crippen LogP contribution is 2.05. The summed E-state index contributed by atoms with van der Waals surface area (Å²) in [4.78, 5) is 3.96. The number of hydrogen-bond acceptors (Lipinski definition) is 3. The fourth-order valence-corrected chi connectivity index (χ4v) is 1.55. The first-order chi connectivity index (χ1) is 7.22. The molecule has 0 aliphatic carbocycles. The highest BCUT2D eigenvalue weighted by Gasteiger charge is 2.08. The lowest BCUT2D eigenvalue weighted by molar-refractivity contribution is 0.223. The summed E-state index contributed by atoms with van der Waals surface area (Å²) < 4.78 is 0. The fraction of sp³-hybridized carbons (Fsp3) is 0.583. The van der Waals surface area contributed by atoms with E-state index in [1.807, 2.05) is 12.1 Å². The van der Waals surface area contributed by atoms with Crippen LogP contribution in [-0.4, -0.2) is 22.7 Å². The number of aliphatic hydroxyl groups excluding tert-OH is 1. The average molecular weight is 208 g/mol. The van der Waals surface area contributed by atoms with E-state index in [-0.39, 0.29) is 12.6 Å². The monoisotopic (exact) mass is 208 g/mol. The van der Waals surface area contributed by atoms with Crippen molar-refractivity contribution in [2.75, 3.05) is 6.61 Å². The summed E-state index contributed by atoms with van der Waals surface area (Å²) in [7, 11) is 0. The Bertz CT molecular complexity index is 262. The molecule has 1 rings (SSSR count). The van der Waals surface area contributed by atoms with E-state index in [0.717, 1.165) is 13.0 Å². The van der Waals surface area contributed by atoms with Gasteiger partial charge in [0.25, 0.3) is 0 Å². The van der Waals surface area contributed by atoms with E-state index in [0.29, 0.717) is 5.92 Å². The lowest BCUT2D eigenvalue weighted by Gasteiger charge is -2.18. The Morgan fingerprint density at radius 1 is 1.33 bits per heavy atom. The van der Waals surface area contributed by atoms with Crippen LogP contribution in [0.2, 0.25) is 0 Å². The first kappa shape index (κ1) is 12.1. The predicted molar refractivity (Wildman–Crippen MR) is 61.4 cm³/mol. The lowest BCUT2D eigenvalue weighted by atomic mass is 10.0. The van der Waals surface area contributed by atoms with Crippen LogP contribution < -0.4 is 5.32 Å². The Balaban J connectivity index is 2.34. The highest BCUT2D eigenvalue weighted by atomic mass is 16.3. The second kappa shape index (κ2) is 6.53. The summed E-state index contributed by atoms with van der Waals surface area (Å²) in [5.41, 5.74) is 1.20. The van der Waals surface area contributed by atoms with E-state index >= 15 is 0 Å². The number of hydrogen-bond donors (Lipinski definition) is 2. The van der Waals surface area contributed by atoms with Crippen LogP contribution in [0.3, 0.4) is 0 Å². The third kappa shape index (κ3) is 4.91. The van der Waals surface area contributed by atoms with Crippen LogP contribution in [0.15, 0.2) is 24.5 Å². The van der Waals surface area contributed by atoms with Crippen molar-refractivity contribution >= 4 is 0 Å². The van der Waals surface area contributed by atoms with E-state index in [1.165, 1.54) is 5.56 Å². The maximum atomic E-state index is 9.18. The quantitative estimate of drug-likeness (QED) is 0.746. The largest absolute Gasteiger partial charge is 0.395 e. The summed E-state index contributed by atoms with van der Waals surface area (Å²) >= 11 is 0. The van der Waals surface area contributed by atoms with Gasteiger partial charge in [-0.3, -0.25) is 4.98 Å². The molecule has 0 aliphatic rings. The third-order valence-corrected chi connectivity index (χ3v) is 2.32. The number of rotatable bonds is 6. The molecule has 15 heavy (non-hydrogen) atoms. The number of aliphatic hydroxyl groups is 1. The van der Waals surface area contributed by atoms with Gasteiger partial charge in [0, 0.05) is 25.0 Å². The van der Waals surface area contributed by atoms with E-state index in [2.05, 4.69) is 24.1 Å². The molecule has 1 aromatic heterocycles. The van der Waals surface area contributed by atoms with Gasteiger partial charge >= 0.3 is 0 Å². The molecule has 0 spiro atoms. The molecule has 0 unspecified atom stereocenters. The zero-order chi connectivity index (χ0) is 11.1. The molecular weight excluding hydrogens is 188 g/mol. The first-order valence-electron chi connectivity index (χ1n) is 5.45. The SMILES string of the molecule is CC(C)C[C@@H](CO)NCc1ccncc1. The smallest absolute Gasteiger partial charge is 0.0584 e. The molecule has 0 aliphatic heterocycles. The van der Waals surface area contributed by atoms with Crippen molar-refractivity contribution in [3.05, 3.63) is 30.1 Å². The minimum absolute atomic E-state index is 0.193. The summed E-state index contributed by atoms with van der Waals surface area (Å²) in [6.07, 6.45) is 4.57. The normalized spacial score (nSPS) is 13.1. The molecule has 0 amide bonds. The van der Waals surface area contributed by atoms with Crippen LogP contribution in [0, 0.1) is 5.92 Å². The lowest BCUT2D eigenvalue weighted by Crippen LogP contribution is -2.33. The van der Waals surface area contributed by atoms with Crippen LogP contribution >= 0.6 is 0 Å². The Kier molecular flexibility index (Phi) is 5.29. The van der Waals surface area contributed by atoms with Crippen molar-refractivity contribution in [2.45, 2.75) is 32.9 Å². The standard InChI is InChI=1S/C12H20N2O/c1-10(2)7-12(9-15)14-8-11-3-5-13-6-4-11/h3-6,10,12,14-15H,7-9H2,1-2H3/t12-/m0/s1. The zero-order valence-electron chi connectivity index (χ0n) is 9.48. The molecule has 3 nitrogen and oxygen atoms in total. The van der Waals surface area contributed by atoms with Gasteiger partial charge < -0.3 is 10.4 Å². The van der Waals surface area contributed by atoms with Crippen molar-refractivity contribution in [1.82, 2.24) is 10.3 Å². The van der Waals surface area contributed by atoms with Crippen LogP contribution in [0.5, 0.6) is 0 Å². The van der Waals surface area contributed by atoms with Gasteiger partial charge in [0.05, 0.1) is 6.61 Å². The van der Waals surface area contributed by atoms with Gasteiger partial charge in [-0.1, -0.05) is 13.8 Å². The van der Waals surface area contributed by atoms with E-state index in [1.54, 1.807) is 12.4 Å². The minimum Gasteiger partial charge on any atom is -0.395 e. The van der Waals surface area contributed by atoms with Crippen LogP contribution in [0.1, 0.15) is 25.8 Å². The molecule has 0 fully saturated rings. The van der Waals surface area contributed by atoms with Gasteiger partial charge in [0.15, 0.2) is 0 Å². The van der Waals surface area contributed by atoms with Crippen LogP contribution in [0.25, 0.3) is 0 Å². The van der Waals surface area contributed by atoms with Gasteiger partial charge in [-0.25, -0.2) is 0 Å². The summed E-state index contributed by atoms with van der Waals surface area (Å²) in [5.74, 6) is 0.604. The molecule has 3 heteroatoms. The van der Waals surface area contributed by atoms with E-state index in [9.17, 15) is 5.11 Å². The Labute approximate surface area is 91.5 Å². The first-order valence-corrected chi connectivity index (χ1v) is 5.45. The minimum atomic E-state index is 0.193. The van der Waals surface area contributed by atoms with Crippen molar-refractivity contribution in [3.63, 3.8) is 0 Å². The molecule has 2 N–H and O–H groups in total. The van der Waals surface area contributed by atoms with Crippen LogP contribution in [0.4, 0.5) is 0 Å². The van der Waals surface area contributed by atoms with Crippen LogP contribution in [-0.2, 0) is 6.54 Å². The molecule has 0 saturated heterocycles. The second-order valence-corrected chi connectivity index (χ2v) is 4.25. The average Bonchev–Trinajstić information content (AvgIpc) is 2.25. The summed E-state index contributed by atoms with van der Waals surface area (Å²) in [5, 5.41) is 12.5. The van der Waals surface area contributed by atoms with Crippen molar-refractivity contribution in [1.29, 1.82) is 0 Å². The van der Waals surface area contributed by atoms with Gasteiger partial charge in [-0.05, 0) is 30.0 Å². The number of nitrogens with zero attached hydrogens (tertiary/aromatic N) is 1. The van der Waals surface area contributed by atoms with Gasteiger partial charge in [0.2, 0.25) is 0 Å². The molecule has 1 atom stereocenters. The Morgan fingerprint density at radius 3 is 2.53 bits per heavy atom. The predicted octanol–water partition coefficient (Wildman–Crippen LogP) is 1.58. The number of nitrogens with one attached hydrogen (secondary N) is 1. The van der Waals surface area contributed by atoms with E-state index < -0.39 is 0 Å². The molecule has 0 radical (unpaired) electrons. The van der Waals surface area contributed by atoms with Gasteiger partial charge in [-0.2, -0.15) is 0 Å². The molecule has 1 aromatic rings. The van der Waals surface area contributed by atoms with Crippen molar-refractivity contribution in [3.8, 4) is 0 Å². The van der Waals surface area contributed by atoms with Crippen molar-refractivity contribution < 1.29 is 5.11 Å². The van der Waals surface area contributed by atoms with Crippen molar-refractivity contribution in [2.24, 2.45) is 5.92 Å². The molecular formula is C12H20N2O. The second-order valence-electron chi connectivity index (χ2n) is 4.25. The maximum absolute atomic E-state index is 9.18. The topological polar surface area (TPSA) is 45.1 Å². The van der Waals surface area contributed by atoms with Gasteiger partial charge in [0.1, 0.15) is 0 Å². The Hall–Kier alpha value is -0.930. The zero-order valence-corrected chi connectivity index (χ0v) is 9.48. The maximum Gasteiger partial charge on any atom is 0.0584 e. The highest BCUT2D eigenvalue weighted by molar-refractivity contribution is 5.09.